The van der Waals surface area contributed by atoms with E-state index in [1.54, 1.807) is 6.20 Å². The van der Waals surface area contributed by atoms with Gasteiger partial charge in [-0.3, -0.25) is 19.2 Å². The number of rotatable bonds is 16. The number of carboxylic acids is 2. The number of amides is 3. The van der Waals surface area contributed by atoms with E-state index in [1.165, 1.54) is 24.3 Å². The summed E-state index contributed by atoms with van der Waals surface area (Å²) in [6.45, 7) is 0. The molecule has 15 heteroatoms. The zero-order valence-corrected chi connectivity index (χ0v) is 23.1. The zero-order valence-electron chi connectivity index (χ0n) is 22.3. The summed E-state index contributed by atoms with van der Waals surface area (Å²) in [5, 5.41) is 27.3. The number of aromatic amines is 2. The molecule has 2 aromatic heterocycles. The summed E-state index contributed by atoms with van der Waals surface area (Å²) in [6.07, 6.45) is 5.70. The van der Waals surface area contributed by atoms with Crippen molar-refractivity contribution >= 4 is 52.3 Å². The average Bonchev–Trinajstić information content (AvgIpc) is 3.60. The maximum absolute atomic E-state index is 13.3. The van der Waals surface area contributed by atoms with Crippen LogP contribution in [0.3, 0.4) is 0 Å². The predicted molar refractivity (Wildman–Crippen MR) is 151 cm³/mol. The molecule has 0 spiro atoms. The topological polar surface area (TPSA) is 232 Å². The number of hydrogen-bond donors (Lipinski definition) is 8. The minimum absolute atomic E-state index is 0.0402. The van der Waals surface area contributed by atoms with Crippen LogP contribution in [0.1, 0.15) is 24.1 Å². The van der Waals surface area contributed by atoms with Gasteiger partial charge in [-0.05, 0) is 30.1 Å². The van der Waals surface area contributed by atoms with Crippen molar-refractivity contribution in [2.45, 2.75) is 49.9 Å². The lowest BCUT2D eigenvalue weighted by molar-refractivity contribution is -0.143. The Morgan fingerprint density at radius 1 is 0.951 bits per heavy atom. The van der Waals surface area contributed by atoms with Gasteiger partial charge in [0.2, 0.25) is 17.7 Å². The highest BCUT2D eigenvalue weighted by molar-refractivity contribution is 7.98. The van der Waals surface area contributed by atoms with E-state index in [1.807, 2.05) is 30.5 Å². The highest BCUT2D eigenvalue weighted by Gasteiger charge is 2.32. The van der Waals surface area contributed by atoms with E-state index in [0.29, 0.717) is 23.4 Å². The Morgan fingerprint density at radius 2 is 1.63 bits per heavy atom. The first-order valence-corrected chi connectivity index (χ1v) is 14.1. The molecule has 3 rings (SSSR count). The lowest BCUT2D eigenvalue weighted by atomic mass is 10.0. The van der Waals surface area contributed by atoms with E-state index in [0.717, 1.165) is 10.9 Å². The molecule has 0 saturated carbocycles. The molecule has 2 heterocycles. The number of H-pyrrole nitrogens is 2. The molecular formula is C26H33N7O7S. The third kappa shape index (κ3) is 9.08. The Bertz CT molecular complexity index is 1360. The fourth-order valence-corrected chi connectivity index (χ4v) is 4.62. The second-order valence-corrected chi connectivity index (χ2v) is 10.3. The second-order valence-electron chi connectivity index (χ2n) is 9.35. The monoisotopic (exact) mass is 587 g/mol. The highest BCUT2D eigenvalue weighted by Crippen LogP contribution is 2.19. The molecule has 0 radical (unpaired) electrons. The number of carbonyl (C=O) groups is 5. The molecule has 0 aliphatic heterocycles. The minimum Gasteiger partial charge on any atom is -0.481 e. The van der Waals surface area contributed by atoms with Crippen LogP contribution >= 0.6 is 11.8 Å². The van der Waals surface area contributed by atoms with Crippen molar-refractivity contribution in [1.82, 2.24) is 30.9 Å². The number of benzene rings is 1. The Labute approximate surface area is 239 Å². The first kappa shape index (κ1) is 31.2. The van der Waals surface area contributed by atoms with Gasteiger partial charge in [0.05, 0.1) is 18.8 Å². The molecular weight excluding hydrogens is 554 g/mol. The average molecular weight is 588 g/mol. The Balaban J connectivity index is 1.77. The van der Waals surface area contributed by atoms with Crippen LogP contribution in [-0.4, -0.2) is 91.0 Å². The summed E-state index contributed by atoms with van der Waals surface area (Å²) in [5.74, 6) is -4.54. The molecule has 0 aliphatic carbocycles. The van der Waals surface area contributed by atoms with Crippen molar-refractivity contribution < 1.29 is 34.2 Å². The highest BCUT2D eigenvalue weighted by atomic mass is 32.2. The summed E-state index contributed by atoms with van der Waals surface area (Å²) in [5.41, 5.74) is 7.79. The fraction of sp³-hybridized carbons (Fsp3) is 0.385. The summed E-state index contributed by atoms with van der Waals surface area (Å²) in [7, 11) is 0. The number of aliphatic carboxylic acids is 2. The van der Waals surface area contributed by atoms with Gasteiger partial charge in [-0.25, -0.2) is 9.78 Å². The maximum atomic E-state index is 13.3. The minimum atomic E-state index is -1.53. The summed E-state index contributed by atoms with van der Waals surface area (Å²) in [6, 6.07) is 2.15. The molecule has 3 amide bonds. The molecule has 1 aromatic carbocycles. The maximum Gasteiger partial charge on any atom is 0.326 e. The van der Waals surface area contributed by atoms with Gasteiger partial charge in [0.15, 0.2) is 0 Å². The fourth-order valence-electron chi connectivity index (χ4n) is 4.13. The van der Waals surface area contributed by atoms with Crippen molar-refractivity contribution in [3.8, 4) is 0 Å². The Morgan fingerprint density at radius 3 is 2.29 bits per heavy atom. The number of aromatic nitrogens is 3. The number of carboxylic acid groups (broad SMARTS) is 2. The van der Waals surface area contributed by atoms with Crippen LogP contribution in [0.4, 0.5) is 0 Å². The number of nitrogens with two attached hydrogens (primary N) is 1. The first-order valence-electron chi connectivity index (χ1n) is 12.7. The number of carbonyl (C=O) groups excluding carboxylic acids is 3. The second kappa shape index (κ2) is 14.9. The zero-order chi connectivity index (χ0) is 29.9. The lowest BCUT2D eigenvalue weighted by Crippen LogP contribution is -2.58. The number of para-hydroxylation sites is 1. The molecule has 3 aromatic rings. The van der Waals surface area contributed by atoms with Crippen molar-refractivity contribution in [3.63, 3.8) is 0 Å². The molecule has 4 atom stereocenters. The number of nitrogens with zero attached hydrogens (tertiary/aromatic N) is 1. The van der Waals surface area contributed by atoms with Gasteiger partial charge >= 0.3 is 11.9 Å². The Kier molecular flexibility index (Phi) is 11.3. The summed E-state index contributed by atoms with van der Waals surface area (Å²) in [4.78, 5) is 72.3. The smallest absolute Gasteiger partial charge is 0.326 e. The normalized spacial score (nSPS) is 14.0. The van der Waals surface area contributed by atoms with Crippen LogP contribution in [0.25, 0.3) is 10.9 Å². The van der Waals surface area contributed by atoms with Crippen LogP contribution < -0.4 is 21.7 Å². The van der Waals surface area contributed by atoms with E-state index in [4.69, 9.17) is 5.73 Å². The van der Waals surface area contributed by atoms with Crippen molar-refractivity contribution in [2.75, 3.05) is 12.0 Å². The van der Waals surface area contributed by atoms with Crippen LogP contribution in [-0.2, 0) is 36.8 Å². The molecule has 0 bridgehead atoms. The quantitative estimate of drug-likeness (QED) is 0.110. The van der Waals surface area contributed by atoms with E-state index >= 15 is 0 Å². The molecule has 220 valence electrons. The van der Waals surface area contributed by atoms with Gasteiger partial charge in [-0.1, -0.05) is 18.2 Å². The summed E-state index contributed by atoms with van der Waals surface area (Å²) >= 11 is 1.47. The predicted octanol–water partition coefficient (Wildman–Crippen LogP) is -0.230. The molecule has 14 nitrogen and oxygen atoms in total. The third-order valence-electron chi connectivity index (χ3n) is 6.31. The standard InChI is InChI=1S/C26H33N7O7S/c1-41-7-6-17(27)23(36)31-20(10-22(34)35)25(38)32-19(9-15-12-28-13-30-15)24(37)33-21(26(39)40)8-14-11-29-18-5-3-2-4-16(14)18/h2-5,11-13,17,19-21,29H,6-10,27H2,1H3,(H,28,30)(H,31,36)(H,32,38)(H,33,37)(H,34,35)(H,39,40). The first-order chi connectivity index (χ1) is 19.6. The van der Waals surface area contributed by atoms with Gasteiger partial charge in [-0.15, -0.1) is 0 Å². The van der Waals surface area contributed by atoms with E-state index < -0.39 is 60.2 Å². The van der Waals surface area contributed by atoms with Gasteiger partial charge in [0, 0.05) is 41.8 Å². The number of fused-ring (bicyclic) bond motifs is 1. The van der Waals surface area contributed by atoms with E-state index in [9.17, 15) is 34.2 Å². The number of nitrogens with one attached hydrogen (secondary N) is 5. The molecule has 9 N–H and O–H groups in total. The van der Waals surface area contributed by atoms with Gasteiger partial charge in [-0.2, -0.15) is 11.8 Å². The Hall–Kier alpha value is -4.37. The number of hydrogen-bond acceptors (Lipinski definition) is 8. The molecule has 0 saturated heterocycles. The number of imidazole rings is 1. The number of thioether (sulfide) groups is 1. The molecule has 0 fully saturated rings. The van der Waals surface area contributed by atoms with Crippen LogP contribution in [0.5, 0.6) is 0 Å². The van der Waals surface area contributed by atoms with Crippen LogP contribution in [0, 0.1) is 0 Å². The molecule has 0 aliphatic rings. The van der Waals surface area contributed by atoms with Gasteiger partial charge in [0.1, 0.15) is 18.1 Å². The van der Waals surface area contributed by atoms with Crippen LogP contribution in [0.2, 0.25) is 0 Å². The van der Waals surface area contributed by atoms with Gasteiger partial charge in [0.25, 0.3) is 0 Å². The van der Waals surface area contributed by atoms with Crippen molar-refractivity contribution in [1.29, 1.82) is 0 Å². The molecule has 4 unspecified atom stereocenters. The molecule has 41 heavy (non-hydrogen) atoms. The van der Waals surface area contributed by atoms with Crippen molar-refractivity contribution in [3.05, 3.63) is 54.2 Å². The summed E-state index contributed by atoms with van der Waals surface area (Å²) < 4.78 is 0. The van der Waals surface area contributed by atoms with E-state index in [-0.39, 0.29) is 12.8 Å². The largest absolute Gasteiger partial charge is 0.481 e. The lowest BCUT2D eigenvalue weighted by Gasteiger charge is -2.24. The third-order valence-corrected chi connectivity index (χ3v) is 6.95. The van der Waals surface area contributed by atoms with Gasteiger partial charge < -0.3 is 41.9 Å². The SMILES string of the molecule is CSCCC(N)C(=O)NC(CC(=O)O)C(=O)NC(Cc1cnc[nH]1)C(=O)NC(Cc1c[nH]c2ccccc12)C(=O)O. The van der Waals surface area contributed by atoms with E-state index in [2.05, 4.69) is 30.9 Å². The van der Waals surface area contributed by atoms with Crippen LogP contribution in [0.15, 0.2) is 43.0 Å². The van der Waals surface area contributed by atoms with Crippen molar-refractivity contribution in [2.24, 2.45) is 5.73 Å².